The molecule has 6 rings (SSSR count). The lowest BCUT2D eigenvalue weighted by molar-refractivity contribution is 0.167. The minimum atomic E-state index is -1.30. The molecule has 1 saturated heterocycles. The summed E-state index contributed by atoms with van der Waals surface area (Å²) in [6.45, 7) is 2.58. The maximum Gasteiger partial charge on any atom is 0.263 e. The van der Waals surface area contributed by atoms with E-state index >= 15 is 0 Å². The fourth-order valence-electron chi connectivity index (χ4n) is 5.18. The predicted octanol–water partition coefficient (Wildman–Crippen LogP) is 3.38. The zero-order chi connectivity index (χ0) is 30.6. The van der Waals surface area contributed by atoms with Gasteiger partial charge in [-0.1, -0.05) is 0 Å². The van der Waals surface area contributed by atoms with Crippen molar-refractivity contribution in [3.05, 3.63) is 77.4 Å². The van der Waals surface area contributed by atoms with Crippen LogP contribution in [-0.4, -0.2) is 79.1 Å². The van der Waals surface area contributed by atoms with E-state index in [2.05, 4.69) is 20.6 Å². The van der Waals surface area contributed by atoms with Gasteiger partial charge in [-0.05, 0) is 75.0 Å². The highest BCUT2D eigenvalue weighted by atomic mass is 32.2. The molecule has 0 saturated carbocycles. The maximum absolute atomic E-state index is 14.0. The molecule has 0 bridgehead atoms. The molecule has 0 amide bonds. The van der Waals surface area contributed by atoms with Crippen LogP contribution < -0.4 is 20.9 Å². The van der Waals surface area contributed by atoms with E-state index in [1.54, 1.807) is 35.3 Å². The van der Waals surface area contributed by atoms with Crippen molar-refractivity contribution in [2.45, 2.75) is 30.4 Å². The summed E-state index contributed by atoms with van der Waals surface area (Å²) in [5, 5.41) is 7.26. The second kappa shape index (κ2) is 13.2. The van der Waals surface area contributed by atoms with E-state index in [-0.39, 0.29) is 18.2 Å². The summed E-state index contributed by atoms with van der Waals surface area (Å²) in [6, 6.07) is 11.1. The van der Waals surface area contributed by atoms with Gasteiger partial charge in [0.05, 0.1) is 18.4 Å². The minimum Gasteiger partial charge on any atom is -0.611 e. The first-order valence-corrected chi connectivity index (χ1v) is 15.9. The van der Waals surface area contributed by atoms with Gasteiger partial charge in [-0.2, -0.15) is 4.98 Å². The summed E-state index contributed by atoms with van der Waals surface area (Å²) in [4.78, 5) is 30.2. The first-order chi connectivity index (χ1) is 21.4. The summed E-state index contributed by atoms with van der Waals surface area (Å²) in [6.07, 6.45) is 8.92. The molecule has 2 N–H and O–H groups in total. The van der Waals surface area contributed by atoms with E-state index < -0.39 is 11.2 Å². The fourth-order valence-corrected chi connectivity index (χ4v) is 6.50. The first-order valence-electron chi connectivity index (χ1n) is 14.6. The molecule has 0 radical (unpaired) electrons. The minimum absolute atomic E-state index is 0.0438. The van der Waals surface area contributed by atoms with Crippen molar-refractivity contribution in [1.82, 2.24) is 34.3 Å². The number of hydrogen-bond donors (Lipinski definition) is 2. The Hall–Kier alpha value is -4.17. The number of fused-ring (bicyclic) bond motifs is 1. The molecular formula is C31H36N8O4S. The molecule has 0 spiro atoms. The van der Waals surface area contributed by atoms with Crippen LogP contribution in [0.1, 0.15) is 18.6 Å². The van der Waals surface area contributed by atoms with Gasteiger partial charge in [0.2, 0.25) is 5.95 Å². The number of aromatic nitrogens is 5. The van der Waals surface area contributed by atoms with Crippen LogP contribution in [0, 0.1) is 0 Å². The lowest BCUT2D eigenvalue weighted by Crippen LogP contribution is -2.37. The van der Waals surface area contributed by atoms with Crippen LogP contribution in [-0.2, 0) is 24.8 Å². The molecule has 230 valence electrons. The van der Waals surface area contributed by atoms with Crippen molar-refractivity contribution in [3.8, 4) is 17.1 Å². The van der Waals surface area contributed by atoms with Gasteiger partial charge in [0.15, 0.2) is 10.7 Å². The van der Waals surface area contributed by atoms with Crippen LogP contribution in [0.25, 0.3) is 22.4 Å². The molecule has 12 nitrogen and oxygen atoms in total. The molecule has 44 heavy (non-hydrogen) atoms. The highest BCUT2D eigenvalue weighted by molar-refractivity contribution is 7.91. The number of piperidine rings is 1. The number of anilines is 2. The van der Waals surface area contributed by atoms with Crippen molar-refractivity contribution in [2.24, 2.45) is 7.05 Å². The van der Waals surface area contributed by atoms with Crippen molar-refractivity contribution < 1.29 is 13.7 Å². The third-order valence-electron chi connectivity index (χ3n) is 7.53. The Morgan fingerprint density at radius 2 is 2.07 bits per heavy atom. The Morgan fingerprint density at radius 3 is 2.80 bits per heavy atom. The molecule has 1 fully saturated rings. The number of furan rings is 1. The third-order valence-corrected chi connectivity index (χ3v) is 8.94. The van der Waals surface area contributed by atoms with Gasteiger partial charge in [-0.15, -0.1) is 0 Å². The quantitative estimate of drug-likeness (QED) is 0.213. The van der Waals surface area contributed by atoms with Gasteiger partial charge < -0.3 is 33.8 Å². The second-order valence-corrected chi connectivity index (χ2v) is 12.6. The summed E-state index contributed by atoms with van der Waals surface area (Å²) < 4.78 is 28.3. The van der Waals surface area contributed by atoms with Crippen LogP contribution in [0.15, 0.2) is 75.4 Å². The van der Waals surface area contributed by atoms with Crippen molar-refractivity contribution in [2.75, 3.05) is 44.8 Å². The first kappa shape index (κ1) is 29.9. The fraction of sp³-hybridized carbons (Fsp3) is 0.355. The number of nitrogens with zero attached hydrogens (tertiary/aromatic N) is 6. The molecule has 1 aliphatic heterocycles. The topological polar surface area (TPSA) is 138 Å². The summed E-state index contributed by atoms with van der Waals surface area (Å²) in [5.41, 5.74) is 1.30. The number of pyridine rings is 1. The van der Waals surface area contributed by atoms with Crippen LogP contribution in [0.3, 0.4) is 0 Å². The maximum atomic E-state index is 14.0. The Balaban J connectivity index is 1.33. The number of imidazole rings is 1. The van der Waals surface area contributed by atoms with Gasteiger partial charge in [0, 0.05) is 55.9 Å². The molecule has 4 aromatic heterocycles. The smallest absolute Gasteiger partial charge is 0.263 e. The molecule has 0 aliphatic carbocycles. The van der Waals surface area contributed by atoms with E-state index in [1.165, 1.54) is 10.8 Å². The molecule has 2 atom stereocenters. The van der Waals surface area contributed by atoms with E-state index in [1.807, 2.05) is 50.3 Å². The van der Waals surface area contributed by atoms with Gasteiger partial charge in [-0.25, -0.2) is 9.97 Å². The lowest BCUT2D eigenvalue weighted by atomic mass is 10.1. The largest absolute Gasteiger partial charge is 0.611 e. The van der Waals surface area contributed by atoms with Gasteiger partial charge >= 0.3 is 0 Å². The average molecular weight is 617 g/mol. The SMILES string of the molecule is CN(C)CC[S+]([O-])c1ccoc1Cn1c(=O)c(-c2nccn2C)cc2cnc(Nc3ccc(OC4CCCNC4)cc3)nc21. The number of rotatable bonds is 11. The Bertz CT molecular complexity index is 1780. The molecule has 1 aliphatic rings. The Labute approximate surface area is 258 Å². The number of ether oxygens (including phenoxy) is 1. The number of hydrogen-bond acceptors (Lipinski definition) is 10. The highest BCUT2D eigenvalue weighted by Crippen LogP contribution is 2.25. The zero-order valence-electron chi connectivity index (χ0n) is 25.0. The van der Waals surface area contributed by atoms with E-state index in [0.717, 1.165) is 37.4 Å². The van der Waals surface area contributed by atoms with Crippen molar-refractivity contribution in [3.63, 3.8) is 0 Å². The molecule has 13 heteroatoms. The predicted molar refractivity (Wildman–Crippen MR) is 170 cm³/mol. The summed E-state index contributed by atoms with van der Waals surface area (Å²) in [7, 11) is 5.71. The van der Waals surface area contributed by atoms with Crippen LogP contribution in [0.2, 0.25) is 0 Å². The molecule has 1 aromatic carbocycles. The van der Waals surface area contributed by atoms with Gasteiger partial charge in [0.1, 0.15) is 29.1 Å². The van der Waals surface area contributed by atoms with Crippen LogP contribution in [0.5, 0.6) is 5.75 Å². The van der Waals surface area contributed by atoms with E-state index in [9.17, 15) is 9.35 Å². The van der Waals surface area contributed by atoms with E-state index in [0.29, 0.717) is 51.3 Å². The van der Waals surface area contributed by atoms with E-state index in [4.69, 9.17) is 14.1 Å². The van der Waals surface area contributed by atoms with Crippen LogP contribution >= 0.6 is 0 Å². The average Bonchev–Trinajstić information content (AvgIpc) is 3.67. The normalized spacial score (nSPS) is 16.0. The summed E-state index contributed by atoms with van der Waals surface area (Å²) in [5.74, 6) is 2.54. The molecule has 2 unspecified atom stereocenters. The molecule has 5 aromatic rings. The van der Waals surface area contributed by atoms with Crippen molar-refractivity contribution in [1.29, 1.82) is 0 Å². The Kier molecular flexibility index (Phi) is 8.98. The van der Waals surface area contributed by atoms with Gasteiger partial charge in [-0.3, -0.25) is 9.36 Å². The number of aryl methyl sites for hydroxylation is 1. The monoisotopic (exact) mass is 616 g/mol. The molecular weight excluding hydrogens is 580 g/mol. The highest BCUT2D eigenvalue weighted by Gasteiger charge is 2.23. The number of benzene rings is 1. The lowest BCUT2D eigenvalue weighted by Gasteiger charge is -2.24. The summed E-state index contributed by atoms with van der Waals surface area (Å²) >= 11 is -1.30. The standard InChI is InChI=1S/C31H36N8O4S/c1-37(2)14-16-44(41)27-10-15-42-26(27)20-39-28-21(17-25(30(39)40)29-33-12-13-38(29)3)18-34-31(36-28)35-22-6-8-23(9-7-22)43-24-5-4-11-32-19-24/h6-10,12-13,15,17-18,24,32H,4-5,11,14,16,19-20H2,1-3H3,(H,34,35,36). The van der Waals surface area contributed by atoms with Gasteiger partial charge in [0.25, 0.3) is 5.56 Å². The second-order valence-electron chi connectivity index (χ2n) is 11.1. The zero-order valence-corrected chi connectivity index (χ0v) is 25.8. The third kappa shape index (κ3) is 6.65. The van der Waals surface area contributed by atoms with Crippen molar-refractivity contribution >= 4 is 33.8 Å². The Morgan fingerprint density at radius 1 is 1.23 bits per heavy atom. The van der Waals surface area contributed by atoms with Crippen LogP contribution in [0.4, 0.5) is 11.6 Å². The molecule has 5 heterocycles. The number of nitrogens with one attached hydrogen (secondary N) is 2.